The molecule has 1 fully saturated rings. The number of ketones is 1. The molecule has 1 aromatic carbocycles. The van der Waals surface area contributed by atoms with Gasteiger partial charge in [0.05, 0.1) is 17.3 Å². The lowest BCUT2D eigenvalue weighted by Gasteiger charge is -2.26. The van der Waals surface area contributed by atoms with Crippen molar-refractivity contribution in [2.45, 2.75) is 45.1 Å². The summed E-state index contributed by atoms with van der Waals surface area (Å²) in [4.78, 5) is 17.5. The number of rotatable bonds is 5. The molecule has 0 spiro atoms. The van der Waals surface area contributed by atoms with Crippen molar-refractivity contribution >= 4 is 22.8 Å². The smallest absolute Gasteiger partial charge is 0.165 e. The molecule has 0 N–H and O–H groups in total. The largest absolute Gasteiger partial charge is 0.381 e. The van der Waals surface area contributed by atoms with E-state index in [9.17, 15) is 4.79 Å². The van der Waals surface area contributed by atoms with Crippen molar-refractivity contribution in [3.05, 3.63) is 47.7 Å². The van der Waals surface area contributed by atoms with Crippen LogP contribution in [0.4, 0.5) is 0 Å². The Hall–Kier alpha value is -2.00. The van der Waals surface area contributed by atoms with E-state index in [1.807, 2.05) is 18.2 Å². The van der Waals surface area contributed by atoms with Crippen LogP contribution in [0.3, 0.4) is 0 Å². The summed E-state index contributed by atoms with van der Waals surface area (Å²) in [5.74, 6) is 0.386. The first-order chi connectivity index (χ1) is 11.7. The van der Waals surface area contributed by atoms with Crippen molar-refractivity contribution in [3.8, 4) is 0 Å². The van der Waals surface area contributed by atoms with Crippen molar-refractivity contribution in [2.24, 2.45) is 5.92 Å². The Labute approximate surface area is 143 Å². The van der Waals surface area contributed by atoms with Crippen molar-refractivity contribution in [3.63, 3.8) is 0 Å². The fourth-order valence-electron chi connectivity index (χ4n) is 3.64. The molecule has 0 amide bonds. The second-order valence-electron chi connectivity index (χ2n) is 6.57. The van der Waals surface area contributed by atoms with Gasteiger partial charge >= 0.3 is 0 Å². The van der Waals surface area contributed by atoms with Crippen LogP contribution in [0, 0.1) is 5.92 Å². The summed E-state index contributed by atoms with van der Waals surface area (Å²) in [7, 11) is 1.76. The van der Waals surface area contributed by atoms with Gasteiger partial charge in [0.1, 0.15) is 0 Å². The van der Waals surface area contributed by atoms with Gasteiger partial charge in [-0.05, 0) is 68.0 Å². The van der Waals surface area contributed by atoms with Gasteiger partial charge in [0.15, 0.2) is 5.78 Å². The first-order valence-electron chi connectivity index (χ1n) is 8.79. The summed E-state index contributed by atoms with van der Waals surface area (Å²) in [6.45, 7) is 5.95. The van der Waals surface area contributed by atoms with Crippen molar-refractivity contribution in [1.29, 1.82) is 0 Å². The van der Waals surface area contributed by atoms with Crippen molar-refractivity contribution in [1.82, 2.24) is 4.98 Å². The number of aromatic nitrogens is 1. The number of benzene rings is 1. The zero-order valence-corrected chi connectivity index (χ0v) is 14.5. The summed E-state index contributed by atoms with van der Waals surface area (Å²) in [6, 6.07) is 8.01. The molecule has 0 unspecified atom stereocenters. The van der Waals surface area contributed by atoms with E-state index in [0.29, 0.717) is 6.10 Å². The Balaban J connectivity index is 1.87. The average molecular weight is 323 g/mol. The van der Waals surface area contributed by atoms with Crippen LogP contribution in [-0.2, 0) is 11.2 Å². The molecule has 126 valence electrons. The molecule has 3 heteroatoms. The Bertz CT molecular complexity index is 758. The summed E-state index contributed by atoms with van der Waals surface area (Å²) in [6.07, 6.45) is 6.82. The lowest BCUT2D eigenvalue weighted by Crippen LogP contribution is -2.25. The number of carbonyl (C=O) groups is 1. The first-order valence-corrected chi connectivity index (χ1v) is 8.79. The molecular weight excluding hydrogens is 298 g/mol. The van der Waals surface area contributed by atoms with Crippen LogP contribution in [0.25, 0.3) is 17.0 Å². The number of ether oxygens (including phenoxy) is 1. The highest BCUT2D eigenvalue weighted by atomic mass is 16.5. The minimum atomic E-state index is 0.125. The molecule has 1 aliphatic carbocycles. The summed E-state index contributed by atoms with van der Waals surface area (Å²) >= 11 is 0. The molecule has 0 atom stereocenters. The van der Waals surface area contributed by atoms with Crippen molar-refractivity contribution in [2.75, 3.05) is 7.11 Å². The highest BCUT2D eigenvalue weighted by Crippen LogP contribution is 2.29. The average Bonchev–Trinajstić information content (AvgIpc) is 2.65. The van der Waals surface area contributed by atoms with Gasteiger partial charge in [0, 0.05) is 24.0 Å². The molecule has 0 radical (unpaired) electrons. The topological polar surface area (TPSA) is 39.2 Å². The van der Waals surface area contributed by atoms with E-state index in [-0.39, 0.29) is 11.7 Å². The second-order valence-corrected chi connectivity index (χ2v) is 6.57. The zero-order chi connectivity index (χ0) is 17.1. The van der Waals surface area contributed by atoms with Gasteiger partial charge in [-0.25, -0.2) is 4.98 Å². The van der Waals surface area contributed by atoms with E-state index >= 15 is 0 Å². The van der Waals surface area contributed by atoms with E-state index in [2.05, 4.69) is 24.6 Å². The number of aryl methyl sites for hydroxylation is 1. The number of hydrogen-bond acceptors (Lipinski definition) is 3. The van der Waals surface area contributed by atoms with Crippen LogP contribution >= 0.6 is 0 Å². The van der Waals surface area contributed by atoms with E-state index in [0.717, 1.165) is 54.3 Å². The molecule has 2 aromatic rings. The normalized spacial score (nSPS) is 20.9. The molecule has 0 aliphatic heterocycles. The second kappa shape index (κ2) is 7.27. The van der Waals surface area contributed by atoms with Gasteiger partial charge in [0.25, 0.3) is 0 Å². The van der Waals surface area contributed by atoms with E-state index in [1.165, 1.54) is 5.56 Å². The first kappa shape index (κ1) is 16.8. The quantitative estimate of drug-likeness (QED) is 0.740. The summed E-state index contributed by atoms with van der Waals surface area (Å²) in [5, 5.41) is 1.04. The number of carbonyl (C=O) groups excluding carboxylic acids is 1. The van der Waals surface area contributed by atoms with E-state index in [1.54, 1.807) is 13.2 Å². The van der Waals surface area contributed by atoms with Crippen molar-refractivity contribution < 1.29 is 9.53 Å². The van der Waals surface area contributed by atoms with Gasteiger partial charge in [-0.1, -0.05) is 13.5 Å². The predicted octanol–water partition coefficient (Wildman–Crippen LogP) is 4.83. The van der Waals surface area contributed by atoms with Gasteiger partial charge in [0.2, 0.25) is 0 Å². The maximum Gasteiger partial charge on any atom is 0.165 e. The SMILES string of the molecule is C=Cc1nc2ccc(C(=O)C3CCC(OC)CC3)cc2cc1CC. The zero-order valence-electron chi connectivity index (χ0n) is 14.5. The number of hydrogen-bond donors (Lipinski definition) is 0. The molecule has 0 bridgehead atoms. The summed E-state index contributed by atoms with van der Waals surface area (Å²) < 4.78 is 5.40. The molecule has 3 rings (SSSR count). The molecular formula is C21H25NO2. The minimum absolute atomic E-state index is 0.125. The third kappa shape index (κ3) is 3.27. The molecule has 3 nitrogen and oxygen atoms in total. The third-order valence-electron chi connectivity index (χ3n) is 5.16. The molecule has 1 aliphatic rings. The number of nitrogens with zero attached hydrogens (tertiary/aromatic N) is 1. The summed E-state index contributed by atoms with van der Waals surface area (Å²) in [5.41, 5.74) is 3.82. The molecule has 1 saturated carbocycles. The Kier molecular flexibility index (Phi) is 5.10. The Morgan fingerprint density at radius 3 is 2.67 bits per heavy atom. The van der Waals surface area contributed by atoms with Crippen LogP contribution in [0.1, 0.15) is 54.2 Å². The predicted molar refractivity (Wildman–Crippen MR) is 98.3 cm³/mol. The van der Waals surface area contributed by atoms with Crippen LogP contribution in [0.5, 0.6) is 0 Å². The Morgan fingerprint density at radius 1 is 1.29 bits per heavy atom. The van der Waals surface area contributed by atoms with Gasteiger partial charge in [-0.15, -0.1) is 0 Å². The number of Topliss-reactive ketones (excluding diaryl/α,β-unsaturated/α-hetero) is 1. The Morgan fingerprint density at radius 2 is 2.04 bits per heavy atom. The molecule has 1 aromatic heterocycles. The minimum Gasteiger partial charge on any atom is -0.381 e. The number of fused-ring (bicyclic) bond motifs is 1. The molecule has 24 heavy (non-hydrogen) atoms. The van der Waals surface area contributed by atoms with Gasteiger partial charge in [-0.3, -0.25) is 4.79 Å². The maximum atomic E-state index is 12.8. The van der Waals surface area contributed by atoms with E-state index < -0.39 is 0 Å². The van der Waals surface area contributed by atoms with Crippen LogP contribution < -0.4 is 0 Å². The maximum absolute atomic E-state index is 12.8. The highest BCUT2D eigenvalue weighted by Gasteiger charge is 2.27. The monoisotopic (exact) mass is 323 g/mol. The van der Waals surface area contributed by atoms with Gasteiger partial charge in [-0.2, -0.15) is 0 Å². The number of pyridine rings is 1. The fourth-order valence-corrected chi connectivity index (χ4v) is 3.64. The fraction of sp³-hybridized carbons (Fsp3) is 0.429. The van der Waals surface area contributed by atoms with Gasteiger partial charge < -0.3 is 4.74 Å². The van der Waals surface area contributed by atoms with Crippen LogP contribution in [0.2, 0.25) is 0 Å². The standard InChI is InChI=1S/C21H25NO2/c1-4-14-12-17-13-16(8-11-20(17)22-19(14)5-2)21(23)15-6-9-18(24-3)10-7-15/h5,8,11-13,15,18H,2,4,6-7,9-10H2,1,3H3. The third-order valence-corrected chi connectivity index (χ3v) is 5.16. The van der Waals surface area contributed by atoms with Crippen LogP contribution in [-0.4, -0.2) is 24.0 Å². The molecule has 1 heterocycles. The molecule has 0 saturated heterocycles. The lowest BCUT2D eigenvalue weighted by atomic mass is 9.82. The highest BCUT2D eigenvalue weighted by molar-refractivity contribution is 6.01. The van der Waals surface area contributed by atoms with Crippen LogP contribution in [0.15, 0.2) is 30.8 Å². The van der Waals surface area contributed by atoms with E-state index in [4.69, 9.17) is 4.74 Å². The number of methoxy groups -OCH3 is 1. The lowest BCUT2D eigenvalue weighted by molar-refractivity contribution is 0.0519.